The number of rotatable bonds is 7. The van der Waals surface area contributed by atoms with Crippen molar-refractivity contribution >= 4 is 12.4 Å². The molecular weight excluding hydrogens is 322 g/mol. The van der Waals surface area contributed by atoms with Crippen molar-refractivity contribution < 1.29 is 9.21 Å². The van der Waals surface area contributed by atoms with Crippen LogP contribution in [0.15, 0.2) is 77.2 Å². The number of allylic oxidation sites excluding steroid dienone is 3. The first-order valence-corrected chi connectivity index (χ1v) is 8.65. The number of hydrogen-bond acceptors (Lipinski definition) is 3. The van der Waals surface area contributed by atoms with Gasteiger partial charge in [0, 0.05) is 5.56 Å². The molecule has 0 saturated carbocycles. The van der Waals surface area contributed by atoms with Crippen LogP contribution >= 0.6 is 0 Å². The van der Waals surface area contributed by atoms with Crippen molar-refractivity contribution in [1.29, 1.82) is 0 Å². The van der Waals surface area contributed by atoms with Crippen molar-refractivity contribution in [2.24, 2.45) is 0 Å². The van der Waals surface area contributed by atoms with Gasteiger partial charge in [-0.2, -0.15) is 0 Å². The van der Waals surface area contributed by atoms with Crippen LogP contribution in [0, 0.1) is 6.92 Å². The average molecular weight is 343 g/mol. The highest BCUT2D eigenvalue weighted by Crippen LogP contribution is 2.22. The van der Waals surface area contributed by atoms with E-state index in [1.165, 1.54) is 11.6 Å². The third kappa shape index (κ3) is 4.67. The first kappa shape index (κ1) is 17.6. The van der Waals surface area contributed by atoms with Crippen LogP contribution in [0.2, 0.25) is 0 Å². The third-order valence-electron chi connectivity index (χ3n) is 4.13. The van der Waals surface area contributed by atoms with Crippen LogP contribution in [0.4, 0.5) is 0 Å². The fourth-order valence-electron chi connectivity index (χ4n) is 2.70. The average Bonchev–Trinajstić information content (AvgIpc) is 3.06. The molecule has 1 heterocycles. The zero-order valence-corrected chi connectivity index (χ0v) is 14.8. The fraction of sp³-hybridized carbons (Fsp3) is 0.130. The van der Waals surface area contributed by atoms with Gasteiger partial charge in [0.05, 0.1) is 5.69 Å². The van der Waals surface area contributed by atoms with E-state index < -0.39 is 0 Å². The summed E-state index contributed by atoms with van der Waals surface area (Å²) < 4.78 is 5.82. The summed E-state index contributed by atoms with van der Waals surface area (Å²) in [5.74, 6) is 1.56. The standard InChI is InChI=1S/C23H21NO2/c1-18-22(24-23(26-18)21-9-5-2-6-10-21)16-15-20-13-11-19(12-14-20)8-4-3-7-17-25/h2-14,17H,15-16H2,1H3/b7-3+,8-4+. The molecule has 3 aromatic rings. The molecule has 3 heteroatoms. The molecule has 0 unspecified atom stereocenters. The first-order valence-electron chi connectivity index (χ1n) is 8.65. The van der Waals surface area contributed by atoms with E-state index in [9.17, 15) is 4.79 Å². The number of aryl methyl sites for hydroxylation is 3. The molecule has 0 atom stereocenters. The Kier molecular flexibility index (Phi) is 5.94. The van der Waals surface area contributed by atoms with E-state index >= 15 is 0 Å². The molecular formula is C23H21NO2. The number of nitrogens with zero attached hydrogens (tertiary/aromatic N) is 1. The number of oxazole rings is 1. The Hall–Kier alpha value is -3.20. The lowest BCUT2D eigenvalue weighted by Gasteiger charge is -2.01. The van der Waals surface area contributed by atoms with Crippen LogP contribution in [0.3, 0.4) is 0 Å². The van der Waals surface area contributed by atoms with Gasteiger partial charge in [0.1, 0.15) is 12.0 Å². The lowest BCUT2D eigenvalue weighted by atomic mass is 10.1. The van der Waals surface area contributed by atoms with Gasteiger partial charge in [0.2, 0.25) is 5.89 Å². The molecule has 2 aromatic carbocycles. The van der Waals surface area contributed by atoms with E-state index in [1.54, 1.807) is 6.08 Å². The number of aromatic nitrogens is 1. The Morgan fingerprint density at radius 2 is 1.69 bits per heavy atom. The highest BCUT2D eigenvalue weighted by molar-refractivity contribution is 5.66. The summed E-state index contributed by atoms with van der Waals surface area (Å²) in [5, 5.41) is 0. The summed E-state index contributed by atoms with van der Waals surface area (Å²) >= 11 is 0. The predicted molar refractivity (Wildman–Crippen MR) is 105 cm³/mol. The van der Waals surface area contributed by atoms with Gasteiger partial charge in [-0.1, -0.05) is 60.7 Å². The molecule has 0 aliphatic carbocycles. The largest absolute Gasteiger partial charge is 0.441 e. The van der Waals surface area contributed by atoms with Crippen molar-refractivity contribution in [3.63, 3.8) is 0 Å². The summed E-state index contributed by atoms with van der Waals surface area (Å²) in [6.07, 6.45) is 9.54. The molecule has 0 amide bonds. The van der Waals surface area contributed by atoms with Crippen LogP contribution in [0.5, 0.6) is 0 Å². The SMILES string of the molecule is Cc1oc(-c2ccccc2)nc1CCc1ccc(/C=C/C=C/C=O)cc1. The zero-order chi connectivity index (χ0) is 18.2. The first-order chi connectivity index (χ1) is 12.8. The monoisotopic (exact) mass is 343 g/mol. The minimum Gasteiger partial charge on any atom is -0.441 e. The number of aldehydes is 1. The van der Waals surface area contributed by atoms with Gasteiger partial charge in [0.15, 0.2) is 0 Å². The van der Waals surface area contributed by atoms with Crippen LogP contribution in [-0.2, 0) is 17.6 Å². The molecule has 3 rings (SSSR count). The maximum atomic E-state index is 10.2. The van der Waals surface area contributed by atoms with Crippen LogP contribution in [0.1, 0.15) is 22.6 Å². The molecule has 3 nitrogen and oxygen atoms in total. The highest BCUT2D eigenvalue weighted by atomic mass is 16.4. The zero-order valence-electron chi connectivity index (χ0n) is 14.8. The second-order valence-electron chi connectivity index (χ2n) is 6.01. The van der Waals surface area contributed by atoms with Gasteiger partial charge in [-0.05, 0) is 49.1 Å². The van der Waals surface area contributed by atoms with E-state index in [0.717, 1.165) is 41.7 Å². The summed E-state index contributed by atoms with van der Waals surface area (Å²) in [7, 11) is 0. The molecule has 0 saturated heterocycles. The smallest absolute Gasteiger partial charge is 0.226 e. The summed E-state index contributed by atoms with van der Waals surface area (Å²) in [5.41, 5.74) is 4.37. The van der Waals surface area contributed by atoms with Gasteiger partial charge in [0.25, 0.3) is 0 Å². The topological polar surface area (TPSA) is 43.1 Å². The Balaban J connectivity index is 1.62. The molecule has 0 radical (unpaired) electrons. The minimum absolute atomic E-state index is 0.682. The van der Waals surface area contributed by atoms with Gasteiger partial charge in [-0.15, -0.1) is 0 Å². The number of hydrogen-bond donors (Lipinski definition) is 0. The van der Waals surface area contributed by atoms with Crippen LogP contribution in [-0.4, -0.2) is 11.3 Å². The van der Waals surface area contributed by atoms with E-state index in [0.29, 0.717) is 5.89 Å². The van der Waals surface area contributed by atoms with Crippen LogP contribution in [0.25, 0.3) is 17.5 Å². The van der Waals surface area contributed by atoms with Crippen molar-refractivity contribution in [1.82, 2.24) is 4.98 Å². The highest BCUT2D eigenvalue weighted by Gasteiger charge is 2.11. The van der Waals surface area contributed by atoms with Gasteiger partial charge < -0.3 is 4.42 Å². The van der Waals surface area contributed by atoms with Crippen molar-refractivity contribution in [3.8, 4) is 11.5 Å². The molecule has 0 aliphatic heterocycles. The van der Waals surface area contributed by atoms with E-state index in [4.69, 9.17) is 4.42 Å². The van der Waals surface area contributed by atoms with Crippen molar-refractivity contribution in [3.05, 3.63) is 95.4 Å². The Bertz CT molecular complexity index is 903. The normalized spacial score (nSPS) is 11.4. The van der Waals surface area contributed by atoms with Crippen molar-refractivity contribution in [2.75, 3.05) is 0 Å². The number of benzene rings is 2. The maximum Gasteiger partial charge on any atom is 0.226 e. The summed E-state index contributed by atoms with van der Waals surface area (Å²) in [4.78, 5) is 14.9. The quantitative estimate of drug-likeness (QED) is 0.336. The Morgan fingerprint density at radius 3 is 2.42 bits per heavy atom. The molecule has 130 valence electrons. The number of carbonyl (C=O) groups is 1. The summed E-state index contributed by atoms with van der Waals surface area (Å²) in [6.45, 7) is 1.97. The lowest BCUT2D eigenvalue weighted by molar-refractivity contribution is -0.104. The molecule has 0 aliphatic rings. The minimum atomic E-state index is 0.682. The fourth-order valence-corrected chi connectivity index (χ4v) is 2.70. The number of carbonyl (C=O) groups excluding carboxylic acids is 1. The maximum absolute atomic E-state index is 10.2. The van der Waals surface area contributed by atoms with Gasteiger partial charge >= 0.3 is 0 Å². The second kappa shape index (κ2) is 8.77. The van der Waals surface area contributed by atoms with E-state index in [-0.39, 0.29) is 0 Å². The predicted octanol–water partition coefficient (Wildman–Crippen LogP) is 5.20. The van der Waals surface area contributed by atoms with Crippen LogP contribution < -0.4 is 0 Å². The van der Waals surface area contributed by atoms with E-state index in [2.05, 4.69) is 29.2 Å². The van der Waals surface area contributed by atoms with Gasteiger partial charge in [-0.3, -0.25) is 4.79 Å². The van der Waals surface area contributed by atoms with Crippen molar-refractivity contribution in [2.45, 2.75) is 19.8 Å². The van der Waals surface area contributed by atoms with Gasteiger partial charge in [-0.25, -0.2) is 4.98 Å². The molecule has 1 aromatic heterocycles. The molecule has 0 spiro atoms. The molecule has 0 bridgehead atoms. The Labute approximate surface area is 153 Å². The molecule has 0 fully saturated rings. The molecule has 0 N–H and O–H groups in total. The Morgan fingerprint density at radius 1 is 0.923 bits per heavy atom. The van der Waals surface area contributed by atoms with E-state index in [1.807, 2.05) is 49.4 Å². The second-order valence-corrected chi connectivity index (χ2v) is 6.01. The molecule has 26 heavy (non-hydrogen) atoms. The third-order valence-corrected chi connectivity index (χ3v) is 4.13. The summed E-state index contributed by atoms with van der Waals surface area (Å²) in [6, 6.07) is 18.4. The lowest BCUT2D eigenvalue weighted by Crippen LogP contribution is -1.93.